The second-order valence-corrected chi connectivity index (χ2v) is 8.25. The summed E-state index contributed by atoms with van der Waals surface area (Å²) in [5.41, 5.74) is 2.89. The lowest BCUT2D eigenvalue weighted by Gasteiger charge is -2.20. The highest BCUT2D eigenvalue weighted by atomic mass is 127. The molecule has 2 aromatic rings. The molecule has 2 aromatic carbocycles. The lowest BCUT2D eigenvalue weighted by Crippen LogP contribution is -2.41. The highest BCUT2D eigenvalue weighted by Gasteiger charge is 2.45. The summed E-state index contributed by atoms with van der Waals surface area (Å²) in [4.78, 5) is 4.34. The van der Waals surface area contributed by atoms with Gasteiger partial charge in [0.15, 0.2) is 5.96 Å². The van der Waals surface area contributed by atoms with E-state index < -0.39 is 0 Å². The van der Waals surface area contributed by atoms with Crippen LogP contribution in [-0.2, 0) is 16.7 Å². The van der Waals surface area contributed by atoms with Crippen molar-refractivity contribution in [3.05, 3.63) is 65.0 Å². The Morgan fingerprint density at radius 2 is 2.03 bits per heavy atom. The predicted molar refractivity (Wildman–Crippen MR) is 132 cm³/mol. The largest absolute Gasteiger partial charge is 0.488 e. The fourth-order valence-corrected chi connectivity index (χ4v) is 3.94. The molecule has 1 atom stereocenters. The number of halogens is 2. The van der Waals surface area contributed by atoms with Crippen LogP contribution in [0.25, 0.3) is 0 Å². The lowest BCUT2D eigenvalue weighted by molar-refractivity contribution is 0.140. The first-order valence-electron chi connectivity index (χ1n) is 10.6. The molecule has 0 aromatic heterocycles. The second kappa shape index (κ2) is 10.6. The number of guanidine groups is 1. The standard InChI is InChI=1S/C24H30FN3O2.HI/c1-17-7-8-18(22(13-17)30-19-9-12-29-15-19)14-27-23(26-2)28-16-24(10-11-24)20-5-3-4-6-21(20)25;/h3-8,13,19H,9-12,14-16H2,1-2H3,(H2,26,27,28);1H. The molecular weight excluding hydrogens is 508 g/mol. The number of ether oxygens (including phenoxy) is 2. The van der Waals surface area contributed by atoms with E-state index in [1.54, 1.807) is 13.1 Å². The van der Waals surface area contributed by atoms with Crippen LogP contribution in [0.1, 0.15) is 36.0 Å². The van der Waals surface area contributed by atoms with E-state index >= 15 is 0 Å². The first kappa shape index (κ1) is 23.8. The van der Waals surface area contributed by atoms with Crippen LogP contribution in [0.2, 0.25) is 0 Å². The zero-order chi connectivity index (χ0) is 21.0. The maximum Gasteiger partial charge on any atom is 0.191 e. The van der Waals surface area contributed by atoms with Crippen molar-refractivity contribution >= 4 is 29.9 Å². The summed E-state index contributed by atoms with van der Waals surface area (Å²) in [7, 11) is 1.75. The van der Waals surface area contributed by atoms with Crippen molar-refractivity contribution in [2.75, 3.05) is 26.8 Å². The molecule has 0 spiro atoms. The third-order valence-corrected chi connectivity index (χ3v) is 5.97. The molecule has 4 rings (SSSR count). The Balaban J connectivity index is 0.00000272. The van der Waals surface area contributed by atoms with E-state index in [1.165, 1.54) is 6.07 Å². The van der Waals surface area contributed by atoms with Crippen LogP contribution < -0.4 is 15.4 Å². The van der Waals surface area contributed by atoms with Crippen LogP contribution in [0.5, 0.6) is 5.75 Å². The van der Waals surface area contributed by atoms with Crippen LogP contribution in [0.3, 0.4) is 0 Å². The number of hydrogen-bond donors (Lipinski definition) is 2. The minimum absolute atomic E-state index is 0. The van der Waals surface area contributed by atoms with Gasteiger partial charge in [-0.1, -0.05) is 30.3 Å². The highest BCUT2D eigenvalue weighted by molar-refractivity contribution is 14.0. The molecule has 1 heterocycles. The summed E-state index contributed by atoms with van der Waals surface area (Å²) >= 11 is 0. The molecule has 0 amide bonds. The highest BCUT2D eigenvalue weighted by Crippen LogP contribution is 2.48. The molecule has 5 nitrogen and oxygen atoms in total. The van der Waals surface area contributed by atoms with Gasteiger partial charge >= 0.3 is 0 Å². The van der Waals surface area contributed by atoms with Crippen molar-refractivity contribution in [1.82, 2.24) is 10.6 Å². The summed E-state index contributed by atoms with van der Waals surface area (Å²) < 4.78 is 25.9. The number of benzene rings is 2. The van der Waals surface area contributed by atoms with Crippen molar-refractivity contribution in [2.24, 2.45) is 4.99 Å². The van der Waals surface area contributed by atoms with Gasteiger partial charge in [-0.05, 0) is 43.0 Å². The number of hydrogen-bond acceptors (Lipinski definition) is 3. The molecular formula is C24H31FIN3O2. The molecule has 1 aliphatic carbocycles. The van der Waals surface area contributed by atoms with Gasteiger partial charge in [0.25, 0.3) is 0 Å². The third-order valence-electron chi connectivity index (χ3n) is 5.97. The molecule has 31 heavy (non-hydrogen) atoms. The number of nitrogens with one attached hydrogen (secondary N) is 2. The average Bonchev–Trinajstić information content (AvgIpc) is 3.36. The monoisotopic (exact) mass is 539 g/mol. The fourth-order valence-electron chi connectivity index (χ4n) is 3.94. The van der Waals surface area contributed by atoms with Gasteiger partial charge in [0.1, 0.15) is 17.7 Å². The van der Waals surface area contributed by atoms with Crippen LogP contribution in [0.4, 0.5) is 4.39 Å². The third kappa shape index (κ3) is 5.88. The molecule has 0 radical (unpaired) electrons. The maximum atomic E-state index is 14.2. The lowest BCUT2D eigenvalue weighted by atomic mass is 9.95. The van der Waals surface area contributed by atoms with Gasteiger partial charge in [-0.2, -0.15) is 0 Å². The molecule has 2 N–H and O–H groups in total. The molecule has 168 valence electrons. The molecule has 1 saturated carbocycles. The number of rotatable bonds is 7. The Bertz CT molecular complexity index is 911. The SMILES string of the molecule is CN=C(NCc1ccc(C)cc1OC1CCOC1)NCC1(c2ccccc2F)CC1.I. The smallest absolute Gasteiger partial charge is 0.191 e. The normalized spacial score (nSPS) is 19.5. The first-order chi connectivity index (χ1) is 14.6. The molecule has 7 heteroatoms. The maximum absolute atomic E-state index is 14.2. The summed E-state index contributed by atoms with van der Waals surface area (Å²) in [6, 6.07) is 13.3. The van der Waals surface area contributed by atoms with E-state index in [0.717, 1.165) is 48.3 Å². The summed E-state index contributed by atoms with van der Waals surface area (Å²) in [6.07, 6.45) is 3.00. The topological polar surface area (TPSA) is 54.9 Å². The fraction of sp³-hybridized carbons (Fsp3) is 0.458. The van der Waals surface area contributed by atoms with Crippen LogP contribution in [0, 0.1) is 12.7 Å². The van der Waals surface area contributed by atoms with Crippen LogP contribution in [-0.4, -0.2) is 38.9 Å². The quantitative estimate of drug-likeness (QED) is 0.313. The Kier molecular flexibility index (Phi) is 8.16. The predicted octanol–water partition coefficient (Wildman–Crippen LogP) is 4.32. The van der Waals surface area contributed by atoms with Gasteiger partial charge in [-0.15, -0.1) is 24.0 Å². The molecule has 1 aliphatic heterocycles. The minimum Gasteiger partial charge on any atom is -0.488 e. The van der Waals surface area contributed by atoms with Gasteiger partial charge in [0, 0.05) is 37.5 Å². The zero-order valence-electron chi connectivity index (χ0n) is 18.1. The van der Waals surface area contributed by atoms with Crippen molar-refractivity contribution in [3.8, 4) is 5.75 Å². The molecule has 2 fully saturated rings. The first-order valence-corrected chi connectivity index (χ1v) is 10.6. The molecule has 0 bridgehead atoms. The zero-order valence-corrected chi connectivity index (χ0v) is 20.4. The van der Waals surface area contributed by atoms with E-state index in [4.69, 9.17) is 9.47 Å². The number of nitrogens with zero attached hydrogens (tertiary/aromatic N) is 1. The van der Waals surface area contributed by atoms with Crippen molar-refractivity contribution in [1.29, 1.82) is 0 Å². The average molecular weight is 539 g/mol. The van der Waals surface area contributed by atoms with Crippen LogP contribution >= 0.6 is 24.0 Å². The van der Waals surface area contributed by atoms with E-state index in [2.05, 4.69) is 40.7 Å². The van der Waals surface area contributed by atoms with Gasteiger partial charge < -0.3 is 20.1 Å². The van der Waals surface area contributed by atoms with Crippen molar-refractivity contribution in [3.63, 3.8) is 0 Å². The summed E-state index contributed by atoms with van der Waals surface area (Å²) in [5, 5.41) is 6.75. The van der Waals surface area contributed by atoms with E-state index in [0.29, 0.717) is 25.7 Å². The van der Waals surface area contributed by atoms with Gasteiger partial charge in [0.05, 0.1) is 13.2 Å². The summed E-state index contributed by atoms with van der Waals surface area (Å²) in [5.74, 6) is 1.46. The van der Waals surface area contributed by atoms with Crippen LogP contribution in [0.15, 0.2) is 47.5 Å². The van der Waals surface area contributed by atoms with Crippen molar-refractivity contribution < 1.29 is 13.9 Å². The molecule has 2 aliphatic rings. The Labute approximate surface area is 200 Å². The number of aliphatic imine (C=N–C) groups is 1. The molecule has 1 saturated heterocycles. The Morgan fingerprint density at radius 1 is 1.23 bits per heavy atom. The van der Waals surface area contributed by atoms with E-state index in [1.807, 2.05) is 12.1 Å². The minimum atomic E-state index is -0.135. The van der Waals surface area contributed by atoms with E-state index in [9.17, 15) is 4.39 Å². The van der Waals surface area contributed by atoms with Gasteiger partial charge in [-0.25, -0.2) is 4.39 Å². The Morgan fingerprint density at radius 3 is 2.71 bits per heavy atom. The van der Waals surface area contributed by atoms with E-state index in [-0.39, 0.29) is 41.3 Å². The summed E-state index contributed by atoms with van der Waals surface area (Å²) in [6.45, 7) is 4.71. The second-order valence-electron chi connectivity index (χ2n) is 8.25. The van der Waals surface area contributed by atoms with Gasteiger partial charge in [-0.3, -0.25) is 4.99 Å². The van der Waals surface area contributed by atoms with Gasteiger partial charge in [0.2, 0.25) is 0 Å². The molecule has 1 unspecified atom stereocenters. The van der Waals surface area contributed by atoms with Crippen molar-refractivity contribution in [2.45, 2.75) is 44.2 Å². The Hall–Kier alpha value is -1.87. The number of aryl methyl sites for hydroxylation is 1.